The fraction of sp³-hybridized carbons (Fsp3) is 0.304. The van der Waals surface area contributed by atoms with Crippen LogP contribution in [0.3, 0.4) is 0 Å². The van der Waals surface area contributed by atoms with Crippen LogP contribution >= 0.6 is 11.3 Å². The number of thiazole rings is 1. The van der Waals surface area contributed by atoms with E-state index >= 15 is 0 Å². The summed E-state index contributed by atoms with van der Waals surface area (Å²) in [5, 5.41) is 13.0. The molecule has 3 aromatic rings. The number of likely N-dealkylation sites (tertiary alicyclic amines) is 1. The van der Waals surface area contributed by atoms with Gasteiger partial charge in [-0.05, 0) is 42.4 Å². The maximum atomic E-state index is 12.8. The van der Waals surface area contributed by atoms with Crippen molar-refractivity contribution in [3.63, 3.8) is 0 Å². The minimum atomic E-state index is 0.108. The molecule has 0 bridgehead atoms. The molecule has 3 heterocycles. The average Bonchev–Trinajstić information content (AvgIpc) is 3.38. The van der Waals surface area contributed by atoms with E-state index in [1.165, 1.54) is 11.3 Å². The van der Waals surface area contributed by atoms with Crippen molar-refractivity contribution in [3.8, 4) is 16.6 Å². The van der Waals surface area contributed by atoms with Crippen LogP contribution in [0.15, 0.2) is 55.0 Å². The van der Waals surface area contributed by atoms with Gasteiger partial charge >= 0.3 is 0 Å². The standard InChI is InChI=1S/C23H21N5OS/c24-14-28-12-16-8-15(19(16)13-28)9-21(29)23-26-11-22(30-23)18-6-7-25-10-20(18)27-17-4-2-1-3-5-17/h1-7,10-11,15-16,19,27H,8-9,12-13H2. The molecule has 3 atom stereocenters. The van der Waals surface area contributed by atoms with E-state index in [2.05, 4.69) is 21.5 Å². The number of nitrogens with zero attached hydrogens (tertiary/aromatic N) is 4. The highest BCUT2D eigenvalue weighted by molar-refractivity contribution is 7.17. The number of nitrogens with one attached hydrogen (secondary N) is 1. The number of ketones is 1. The van der Waals surface area contributed by atoms with Crippen molar-refractivity contribution in [1.29, 1.82) is 5.26 Å². The zero-order chi connectivity index (χ0) is 20.5. The van der Waals surface area contributed by atoms with Crippen LogP contribution in [0.5, 0.6) is 0 Å². The third-order valence-electron chi connectivity index (χ3n) is 6.18. The summed E-state index contributed by atoms with van der Waals surface area (Å²) in [7, 11) is 0. The van der Waals surface area contributed by atoms with Gasteiger partial charge in [-0.25, -0.2) is 4.98 Å². The molecular weight excluding hydrogens is 394 g/mol. The summed E-state index contributed by atoms with van der Waals surface area (Å²) in [6.07, 6.45) is 9.13. The molecule has 2 aliphatic rings. The van der Waals surface area contributed by atoms with Crippen LogP contribution in [0, 0.1) is 29.2 Å². The first kappa shape index (κ1) is 18.8. The van der Waals surface area contributed by atoms with Crippen molar-refractivity contribution in [2.45, 2.75) is 12.8 Å². The second-order valence-corrected chi connectivity index (χ2v) is 9.02. The minimum Gasteiger partial charge on any atom is -0.354 e. The number of rotatable bonds is 6. The number of benzene rings is 1. The summed E-state index contributed by atoms with van der Waals surface area (Å²) < 4.78 is 0. The molecule has 30 heavy (non-hydrogen) atoms. The monoisotopic (exact) mass is 415 g/mol. The Morgan fingerprint density at radius 2 is 2.10 bits per heavy atom. The van der Waals surface area contributed by atoms with E-state index in [9.17, 15) is 4.79 Å². The summed E-state index contributed by atoms with van der Waals surface area (Å²) in [4.78, 5) is 24.3. The van der Waals surface area contributed by atoms with E-state index in [0.29, 0.717) is 29.2 Å². The molecule has 6 nitrogen and oxygen atoms in total. The molecule has 2 aromatic heterocycles. The summed E-state index contributed by atoms with van der Waals surface area (Å²) in [5.41, 5.74) is 2.85. The lowest BCUT2D eigenvalue weighted by Gasteiger charge is -2.38. The molecule has 0 spiro atoms. The van der Waals surface area contributed by atoms with Crippen LogP contribution in [0.1, 0.15) is 22.6 Å². The quantitative estimate of drug-likeness (QED) is 0.469. The Bertz CT molecular complexity index is 1110. The first-order valence-corrected chi connectivity index (χ1v) is 10.9. The SMILES string of the molecule is N#CN1CC2CC(CC(=O)c3ncc(-c4ccncc4Nc4ccccc4)s3)C2C1. The van der Waals surface area contributed by atoms with Crippen LogP contribution in [0.2, 0.25) is 0 Å². The number of Topliss-reactive ketones (excluding diaryl/α,β-unsaturated/α-hetero) is 1. The first-order valence-electron chi connectivity index (χ1n) is 10.1. The summed E-state index contributed by atoms with van der Waals surface area (Å²) in [6.45, 7) is 1.65. The lowest BCUT2D eigenvalue weighted by atomic mass is 9.65. The van der Waals surface area contributed by atoms with Crippen molar-refractivity contribution >= 4 is 28.5 Å². The Kier molecular flexibility index (Phi) is 4.93. The predicted molar refractivity (Wildman–Crippen MR) is 116 cm³/mol. The maximum absolute atomic E-state index is 12.8. The van der Waals surface area contributed by atoms with Gasteiger partial charge in [0.1, 0.15) is 0 Å². The normalized spacial score (nSPS) is 22.1. The van der Waals surface area contributed by atoms with Gasteiger partial charge in [-0.1, -0.05) is 18.2 Å². The number of carbonyl (C=O) groups is 1. The topological polar surface area (TPSA) is 81.9 Å². The summed E-state index contributed by atoms with van der Waals surface area (Å²) in [5.74, 6) is 1.55. The zero-order valence-corrected chi connectivity index (χ0v) is 17.2. The number of hydrogen-bond acceptors (Lipinski definition) is 7. The van der Waals surface area contributed by atoms with Crippen molar-refractivity contribution in [2.75, 3.05) is 18.4 Å². The lowest BCUT2D eigenvalue weighted by Crippen LogP contribution is -2.36. The second kappa shape index (κ2) is 7.88. The third kappa shape index (κ3) is 3.55. The predicted octanol–water partition coefficient (Wildman–Crippen LogP) is 4.57. The summed E-state index contributed by atoms with van der Waals surface area (Å²) >= 11 is 1.43. The molecule has 1 aromatic carbocycles. The first-order chi connectivity index (χ1) is 14.7. The Labute approximate surface area is 179 Å². The largest absolute Gasteiger partial charge is 0.354 e. The van der Waals surface area contributed by atoms with Gasteiger partial charge in [0.15, 0.2) is 17.0 Å². The third-order valence-corrected chi connectivity index (χ3v) is 7.25. The number of para-hydroxylation sites is 1. The average molecular weight is 416 g/mol. The van der Waals surface area contributed by atoms with Crippen molar-refractivity contribution in [2.24, 2.45) is 17.8 Å². The van der Waals surface area contributed by atoms with E-state index in [1.54, 1.807) is 18.6 Å². The van der Waals surface area contributed by atoms with E-state index in [-0.39, 0.29) is 5.78 Å². The zero-order valence-electron chi connectivity index (χ0n) is 16.4. The van der Waals surface area contributed by atoms with Crippen molar-refractivity contribution in [3.05, 3.63) is 60.0 Å². The number of hydrogen-bond donors (Lipinski definition) is 1. The van der Waals surface area contributed by atoms with Crippen LogP contribution < -0.4 is 5.32 Å². The van der Waals surface area contributed by atoms with Gasteiger partial charge in [0.25, 0.3) is 0 Å². The second-order valence-electron chi connectivity index (χ2n) is 7.99. The molecule has 0 radical (unpaired) electrons. The van der Waals surface area contributed by atoms with E-state index in [0.717, 1.165) is 41.3 Å². The number of nitriles is 1. The van der Waals surface area contributed by atoms with E-state index in [4.69, 9.17) is 5.26 Å². The highest BCUT2D eigenvalue weighted by Gasteiger charge is 2.47. The molecule has 150 valence electrons. The van der Waals surface area contributed by atoms with Gasteiger partial charge in [-0.15, -0.1) is 11.3 Å². The Hall–Kier alpha value is -3.24. The van der Waals surface area contributed by atoms with Crippen LogP contribution in [-0.2, 0) is 0 Å². The van der Waals surface area contributed by atoms with Gasteiger partial charge in [-0.3, -0.25) is 9.78 Å². The Balaban J connectivity index is 1.29. The van der Waals surface area contributed by atoms with Gasteiger partial charge in [0, 0.05) is 43.2 Å². The maximum Gasteiger partial charge on any atom is 0.191 e. The molecule has 1 N–H and O–H groups in total. The van der Waals surface area contributed by atoms with Crippen LogP contribution in [-0.4, -0.2) is 33.7 Å². The molecule has 1 saturated carbocycles. The molecule has 1 saturated heterocycles. The molecule has 2 fully saturated rings. The summed E-state index contributed by atoms with van der Waals surface area (Å²) in [6, 6.07) is 11.9. The molecular formula is C23H21N5OS. The fourth-order valence-electron chi connectivity index (χ4n) is 4.60. The van der Waals surface area contributed by atoms with Gasteiger partial charge < -0.3 is 10.2 Å². The fourth-order valence-corrected chi connectivity index (χ4v) is 5.51. The van der Waals surface area contributed by atoms with Crippen LogP contribution in [0.25, 0.3) is 10.4 Å². The van der Waals surface area contributed by atoms with Crippen molar-refractivity contribution in [1.82, 2.24) is 14.9 Å². The smallest absolute Gasteiger partial charge is 0.191 e. The molecule has 1 aliphatic carbocycles. The molecule has 3 unspecified atom stereocenters. The highest BCUT2D eigenvalue weighted by atomic mass is 32.1. The van der Waals surface area contributed by atoms with Crippen molar-refractivity contribution < 1.29 is 4.79 Å². The molecule has 7 heteroatoms. The minimum absolute atomic E-state index is 0.108. The van der Waals surface area contributed by atoms with E-state index < -0.39 is 0 Å². The lowest BCUT2D eigenvalue weighted by molar-refractivity contribution is 0.0779. The Morgan fingerprint density at radius 1 is 1.23 bits per heavy atom. The van der Waals surface area contributed by atoms with Gasteiger partial charge in [0.05, 0.1) is 16.8 Å². The van der Waals surface area contributed by atoms with Crippen LogP contribution in [0.4, 0.5) is 11.4 Å². The number of aromatic nitrogens is 2. The molecule has 1 aliphatic heterocycles. The number of fused-ring (bicyclic) bond motifs is 1. The molecule has 5 rings (SSSR count). The number of anilines is 2. The van der Waals surface area contributed by atoms with Gasteiger partial charge in [-0.2, -0.15) is 5.26 Å². The number of carbonyl (C=O) groups excluding carboxylic acids is 1. The number of pyridine rings is 1. The van der Waals surface area contributed by atoms with Gasteiger partial charge in [0.2, 0.25) is 0 Å². The molecule has 0 amide bonds. The Morgan fingerprint density at radius 3 is 2.93 bits per heavy atom. The highest BCUT2D eigenvalue weighted by Crippen LogP contribution is 2.47. The van der Waals surface area contributed by atoms with E-state index in [1.807, 2.05) is 41.3 Å².